The number of anilines is 2. The number of halogens is 4. The fraction of sp³-hybridized carbons (Fsp3) is 0.212. The van der Waals surface area contributed by atoms with Gasteiger partial charge in [0.15, 0.2) is 0 Å². The highest BCUT2D eigenvalue weighted by molar-refractivity contribution is 8.00. The number of nitrogens with zero attached hydrogens (tertiary/aromatic N) is 1. The molecule has 3 aromatic carbocycles. The van der Waals surface area contributed by atoms with Crippen molar-refractivity contribution < 1.29 is 29.0 Å². The smallest absolute Gasteiger partial charge is 0.341 e. The van der Waals surface area contributed by atoms with Crippen LogP contribution in [0.15, 0.2) is 59.5 Å². The Morgan fingerprint density at radius 2 is 1.62 bits per heavy atom. The number of nitrogens with one attached hydrogen (secondary N) is 2. The van der Waals surface area contributed by atoms with Gasteiger partial charge in [-0.1, -0.05) is 82.8 Å². The quantitative estimate of drug-likeness (QED) is 0.0599. The number of carboxylic acids is 1. The number of benzene rings is 3. The third-order valence-corrected chi connectivity index (χ3v) is 11.2. The predicted molar refractivity (Wildman–Crippen MR) is 192 cm³/mol. The van der Waals surface area contributed by atoms with Crippen LogP contribution < -0.4 is 10.6 Å². The van der Waals surface area contributed by atoms with Crippen molar-refractivity contribution in [3.63, 3.8) is 0 Å². The van der Waals surface area contributed by atoms with E-state index < -0.39 is 34.0 Å². The number of amides is 2. The Morgan fingerprint density at radius 1 is 0.917 bits per heavy atom. The lowest BCUT2D eigenvalue weighted by Gasteiger charge is -2.27. The van der Waals surface area contributed by atoms with Crippen LogP contribution >= 0.6 is 69.5 Å². The second-order valence-electron chi connectivity index (χ2n) is 10.5. The average molecular weight is 768 g/mol. The van der Waals surface area contributed by atoms with Crippen molar-refractivity contribution in [2.75, 3.05) is 29.5 Å². The first-order valence-corrected chi connectivity index (χ1v) is 17.8. The van der Waals surface area contributed by atoms with Crippen LogP contribution in [0.2, 0.25) is 20.1 Å². The zero-order chi connectivity index (χ0) is 34.5. The van der Waals surface area contributed by atoms with Crippen molar-refractivity contribution >= 4 is 104 Å². The van der Waals surface area contributed by atoms with Gasteiger partial charge in [0.05, 0.1) is 49.1 Å². The molecular weight excluding hydrogens is 740 g/mol. The van der Waals surface area contributed by atoms with E-state index in [0.717, 1.165) is 23.5 Å². The Bertz CT molecular complexity index is 1900. The highest BCUT2D eigenvalue weighted by Gasteiger charge is 2.31. The number of esters is 1. The van der Waals surface area contributed by atoms with Gasteiger partial charge < -0.3 is 20.5 Å². The monoisotopic (exact) mass is 765 g/mol. The van der Waals surface area contributed by atoms with Crippen LogP contribution in [0.3, 0.4) is 0 Å². The Kier molecular flexibility index (Phi) is 12.0. The van der Waals surface area contributed by atoms with E-state index in [2.05, 4.69) is 27.7 Å². The zero-order valence-corrected chi connectivity index (χ0v) is 29.9. The molecule has 0 saturated carbocycles. The van der Waals surface area contributed by atoms with Gasteiger partial charge in [-0.15, -0.1) is 23.1 Å². The third kappa shape index (κ3) is 8.11. The van der Waals surface area contributed by atoms with Crippen molar-refractivity contribution in [1.29, 1.82) is 0 Å². The molecule has 0 radical (unpaired) electrons. The number of fused-ring (bicyclic) bond motifs is 1. The molecule has 3 N–H and O–H groups in total. The van der Waals surface area contributed by atoms with Gasteiger partial charge in [0.1, 0.15) is 5.00 Å². The first-order valence-electron chi connectivity index (χ1n) is 14.5. The van der Waals surface area contributed by atoms with Gasteiger partial charge >= 0.3 is 11.9 Å². The summed E-state index contributed by atoms with van der Waals surface area (Å²) in [6.45, 7) is 4.14. The minimum Gasteiger partial charge on any atom is -0.478 e. The van der Waals surface area contributed by atoms with Gasteiger partial charge in [0, 0.05) is 35.1 Å². The van der Waals surface area contributed by atoms with Crippen molar-refractivity contribution in [1.82, 2.24) is 4.90 Å². The number of aromatic carboxylic acids is 1. The minimum absolute atomic E-state index is 0.000243. The summed E-state index contributed by atoms with van der Waals surface area (Å²) in [6.07, 6.45) is 0.656. The number of rotatable bonds is 11. The molecule has 4 aromatic rings. The highest BCUT2D eigenvalue weighted by Crippen LogP contribution is 2.42. The molecule has 48 heavy (non-hydrogen) atoms. The van der Waals surface area contributed by atoms with Crippen LogP contribution in [0.5, 0.6) is 0 Å². The number of hydrogen-bond acceptors (Lipinski definition) is 8. The van der Waals surface area contributed by atoms with Crippen LogP contribution in [0.4, 0.5) is 10.7 Å². The maximum atomic E-state index is 13.2. The number of carbonyl (C=O) groups is 4. The van der Waals surface area contributed by atoms with Crippen LogP contribution in [-0.2, 0) is 29.0 Å². The summed E-state index contributed by atoms with van der Waals surface area (Å²) in [5, 5.41) is 14.3. The van der Waals surface area contributed by atoms with E-state index in [1.54, 1.807) is 31.2 Å². The van der Waals surface area contributed by atoms with Gasteiger partial charge in [0.2, 0.25) is 5.91 Å². The zero-order valence-electron chi connectivity index (χ0n) is 25.2. The largest absolute Gasteiger partial charge is 0.478 e. The van der Waals surface area contributed by atoms with E-state index in [1.165, 1.54) is 28.7 Å². The van der Waals surface area contributed by atoms with E-state index in [0.29, 0.717) is 34.1 Å². The summed E-state index contributed by atoms with van der Waals surface area (Å²) >= 11 is 26.9. The van der Waals surface area contributed by atoms with Crippen molar-refractivity contribution in [2.24, 2.45) is 0 Å². The number of ether oxygens (including phenoxy) is 1. The molecule has 0 unspecified atom stereocenters. The molecule has 1 aliphatic rings. The molecule has 15 heteroatoms. The lowest BCUT2D eigenvalue weighted by Crippen LogP contribution is -2.30. The summed E-state index contributed by atoms with van der Waals surface area (Å²) < 4.78 is 5.35. The lowest BCUT2D eigenvalue weighted by molar-refractivity contribution is -0.113. The minimum atomic E-state index is -1.51. The molecule has 5 rings (SSSR count). The fourth-order valence-corrected chi connectivity index (χ4v) is 8.22. The molecule has 2 amide bonds. The van der Waals surface area contributed by atoms with Gasteiger partial charge in [-0.05, 0) is 42.7 Å². The van der Waals surface area contributed by atoms with Crippen LogP contribution in [-0.4, -0.2) is 52.7 Å². The number of carboxylic acid groups (broad SMARTS) is 1. The molecule has 2 heterocycles. The van der Waals surface area contributed by atoms with Gasteiger partial charge in [0.25, 0.3) is 5.91 Å². The molecule has 250 valence electrons. The summed E-state index contributed by atoms with van der Waals surface area (Å²) in [5.41, 5.74) is 1.78. The van der Waals surface area contributed by atoms with E-state index in [9.17, 15) is 24.3 Å². The highest BCUT2D eigenvalue weighted by atomic mass is 35.5. The number of hydrogen-bond donors (Lipinski definition) is 3. The molecule has 0 atom stereocenters. The Morgan fingerprint density at radius 3 is 2.31 bits per heavy atom. The first kappa shape index (κ1) is 36.0. The van der Waals surface area contributed by atoms with Crippen LogP contribution in [0.1, 0.15) is 54.0 Å². The topological polar surface area (TPSA) is 125 Å². The van der Waals surface area contributed by atoms with Crippen molar-refractivity contribution in [3.8, 4) is 0 Å². The normalized spacial score (nSPS) is 12.7. The lowest BCUT2D eigenvalue weighted by atomic mass is 10.0. The maximum absolute atomic E-state index is 13.2. The molecule has 9 nitrogen and oxygen atoms in total. The SMILES string of the molecule is CCOC(=O)c1c(NC(=O)CSc2cccc(NC(=O)c3c(Cl)c(Cl)c(Cl)c(Cl)c3C(=O)O)c2)sc2c1CCN(Cc1ccccc1)C2. The van der Waals surface area contributed by atoms with Gasteiger partial charge in [-0.25, -0.2) is 9.59 Å². The molecule has 0 spiro atoms. The van der Waals surface area contributed by atoms with Crippen molar-refractivity contribution in [2.45, 2.75) is 31.3 Å². The number of thioether (sulfide) groups is 1. The Balaban J connectivity index is 1.27. The van der Waals surface area contributed by atoms with Crippen LogP contribution in [0.25, 0.3) is 0 Å². The predicted octanol–water partition coefficient (Wildman–Crippen LogP) is 8.78. The number of carbonyl (C=O) groups excluding carboxylic acids is 3. The van der Waals surface area contributed by atoms with Crippen LogP contribution in [0, 0.1) is 0 Å². The van der Waals surface area contributed by atoms with Gasteiger partial charge in [-0.2, -0.15) is 0 Å². The molecule has 1 aliphatic heterocycles. The summed E-state index contributed by atoms with van der Waals surface area (Å²) in [7, 11) is 0. The summed E-state index contributed by atoms with van der Waals surface area (Å²) in [6, 6.07) is 16.8. The molecular formula is C33H27Cl4N3O6S2. The molecule has 0 aliphatic carbocycles. The second-order valence-corrected chi connectivity index (χ2v) is 14.2. The Hall–Kier alpha value is -3.29. The van der Waals surface area contributed by atoms with Crippen molar-refractivity contribution in [3.05, 3.63) is 107 Å². The third-order valence-electron chi connectivity index (χ3n) is 7.29. The fourth-order valence-electron chi connectivity index (χ4n) is 5.15. The Labute approximate surface area is 304 Å². The van der Waals surface area contributed by atoms with E-state index >= 15 is 0 Å². The summed E-state index contributed by atoms with van der Waals surface area (Å²) in [4.78, 5) is 55.2. The van der Waals surface area contributed by atoms with E-state index in [-0.39, 0.29) is 33.3 Å². The average Bonchev–Trinajstić information content (AvgIpc) is 3.41. The molecule has 0 bridgehead atoms. The summed E-state index contributed by atoms with van der Waals surface area (Å²) in [5.74, 6) is -3.17. The number of thiophene rings is 1. The maximum Gasteiger partial charge on any atom is 0.341 e. The molecule has 0 saturated heterocycles. The molecule has 0 fully saturated rings. The molecule has 1 aromatic heterocycles. The van der Waals surface area contributed by atoms with E-state index in [1.807, 2.05) is 18.2 Å². The van der Waals surface area contributed by atoms with E-state index in [4.69, 9.17) is 51.1 Å². The standard InChI is InChI=1S/C33H27Cl4N3O6S2/c1-2-46-33(45)23-20-11-12-40(14-17-7-4-3-5-8-17)15-21(20)48-31(23)39-22(41)16-47-19-10-6-9-18(13-19)38-30(42)24-25(32(43)44)27(35)29(37)28(36)26(24)34/h3-10,13H,2,11-12,14-16H2,1H3,(H,38,42)(H,39,41)(H,43,44). The van der Waals surface area contributed by atoms with Gasteiger partial charge in [-0.3, -0.25) is 14.5 Å². The second kappa shape index (κ2) is 15.9. The first-order chi connectivity index (χ1) is 23.0.